The van der Waals surface area contributed by atoms with E-state index in [-0.39, 0.29) is 11.4 Å². The van der Waals surface area contributed by atoms with Crippen molar-refractivity contribution < 1.29 is 19.1 Å². The van der Waals surface area contributed by atoms with Gasteiger partial charge in [0, 0.05) is 17.8 Å². The van der Waals surface area contributed by atoms with Crippen LogP contribution in [0.3, 0.4) is 0 Å². The zero-order valence-corrected chi connectivity index (χ0v) is 16.4. The second kappa shape index (κ2) is 8.45. The van der Waals surface area contributed by atoms with Crippen LogP contribution in [0, 0.1) is 11.3 Å². The van der Waals surface area contributed by atoms with Crippen LogP contribution in [0.1, 0.15) is 46.6 Å². The molecule has 0 atom stereocenters. The van der Waals surface area contributed by atoms with E-state index in [0.29, 0.717) is 16.3 Å². The van der Waals surface area contributed by atoms with Crippen LogP contribution < -0.4 is 9.79 Å². The van der Waals surface area contributed by atoms with Gasteiger partial charge in [-0.25, -0.2) is 4.98 Å². The summed E-state index contributed by atoms with van der Waals surface area (Å²) in [4.78, 5) is 17.4. The summed E-state index contributed by atoms with van der Waals surface area (Å²) in [6, 6.07) is 12.9. The maximum Gasteiger partial charge on any atom is 0.307 e. The number of ketones is 1. The molecule has 0 aliphatic heterocycles. The number of aromatic nitrogens is 3. The van der Waals surface area contributed by atoms with Gasteiger partial charge in [-0.15, -0.1) is 0 Å². The lowest BCUT2D eigenvalue weighted by molar-refractivity contribution is -0.672. The summed E-state index contributed by atoms with van der Waals surface area (Å²) >= 11 is 1.17. The average molecular weight is 406 g/mol. The Kier molecular flexibility index (Phi) is 5.58. The first kappa shape index (κ1) is 19.2. The van der Waals surface area contributed by atoms with E-state index >= 15 is 0 Å². The monoisotopic (exact) mass is 406 g/mol. The highest BCUT2D eigenvalue weighted by Crippen LogP contribution is 2.27. The van der Waals surface area contributed by atoms with Crippen molar-refractivity contribution in [3.63, 3.8) is 0 Å². The normalized spacial score (nSPS) is 13.3. The van der Waals surface area contributed by atoms with Crippen molar-refractivity contribution in [2.75, 3.05) is 5.75 Å². The van der Waals surface area contributed by atoms with Crippen LogP contribution >= 0.6 is 11.8 Å². The smallest absolute Gasteiger partial charge is 0.307 e. The van der Waals surface area contributed by atoms with Gasteiger partial charge in [0.05, 0.1) is 16.6 Å². The van der Waals surface area contributed by atoms with E-state index in [1.54, 1.807) is 24.3 Å². The molecule has 146 valence electrons. The van der Waals surface area contributed by atoms with Gasteiger partial charge < -0.3 is 9.63 Å². The molecule has 7 nitrogen and oxygen atoms in total. The SMILES string of the molecule is N#Cc1cc2c(nc1SCC(=O)c1c([O-])on[n+]1-c1ccccc1)CCCCC2. The molecule has 2 aromatic heterocycles. The summed E-state index contributed by atoms with van der Waals surface area (Å²) in [5.41, 5.74) is 3.01. The quantitative estimate of drug-likeness (QED) is 0.277. The molecule has 0 radical (unpaired) electrons. The molecule has 0 amide bonds. The number of hydrogen-bond acceptors (Lipinski definition) is 7. The van der Waals surface area contributed by atoms with Crippen molar-refractivity contribution in [2.24, 2.45) is 0 Å². The van der Waals surface area contributed by atoms with Crippen molar-refractivity contribution in [1.29, 1.82) is 5.26 Å². The summed E-state index contributed by atoms with van der Waals surface area (Å²) in [5.74, 6) is -1.25. The molecule has 0 bridgehead atoms. The molecule has 0 unspecified atom stereocenters. The lowest BCUT2D eigenvalue weighted by Gasteiger charge is -2.09. The van der Waals surface area contributed by atoms with E-state index in [2.05, 4.69) is 16.3 Å². The number of rotatable bonds is 5. The number of pyridine rings is 1. The maximum absolute atomic E-state index is 12.8. The maximum atomic E-state index is 12.8. The number of hydrogen-bond donors (Lipinski definition) is 0. The van der Waals surface area contributed by atoms with E-state index in [9.17, 15) is 15.2 Å². The standard InChI is InChI=1S/C21H18N4O3S/c22-12-15-11-14-7-3-1-6-10-17(14)23-20(15)29-13-18(26)19-21(27)28-24-25(19)16-8-4-2-5-9-16/h2,4-5,8-9,11H,1,3,6-7,10,13H2. The Morgan fingerprint density at radius 1 is 1.24 bits per heavy atom. The van der Waals surface area contributed by atoms with E-state index in [4.69, 9.17) is 4.52 Å². The number of carbonyl (C=O) groups excluding carboxylic acids is 1. The zero-order chi connectivity index (χ0) is 20.2. The fraction of sp³-hybridized carbons (Fsp3) is 0.286. The lowest BCUT2D eigenvalue weighted by Crippen LogP contribution is -2.39. The summed E-state index contributed by atoms with van der Waals surface area (Å²) in [7, 11) is 0. The van der Waals surface area contributed by atoms with Crippen molar-refractivity contribution in [1.82, 2.24) is 10.3 Å². The van der Waals surface area contributed by atoms with E-state index < -0.39 is 11.7 Å². The molecule has 1 aromatic carbocycles. The summed E-state index contributed by atoms with van der Waals surface area (Å²) < 4.78 is 5.92. The predicted molar refractivity (Wildman–Crippen MR) is 103 cm³/mol. The topological polar surface area (TPSA) is 107 Å². The molecule has 0 saturated carbocycles. The molecule has 29 heavy (non-hydrogen) atoms. The van der Waals surface area contributed by atoms with Gasteiger partial charge in [0.15, 0.2) is 5.95 Å². The first-order chi connectivity index (χ1) is 14.2. The fourth-order valence-electron chi connectivity index (χ4n) is 3.41. The Morgan fingerprint density at radius 2 is 2.03 bits per heavy atom. The van der Waals surface area contributed by atoms with Crippen molar-refractivity contribution in [3.05, 3.63) is 58.9 Å². The first-order valence-electron chi connectivity index (χ1n) is 9.40. The highest BCUT2D eigenvalue weighted by atomic mass is 32.2. The minimum absolute atomic E-state index is 0.0379. The fourth-order valence-corrected chi connectivity index (χ4v) is 4.25. The number of nitriles is 1. The zero-order valence-electron chi connectivity index (χ0n) is 15.6. The number of thioether (sulfide) groups is 1. The highest BCUT2D eigenvalue weighted by molar-refractivity contribution is 8.00. The molecule has 2 heterocycles. The van der Waals surface area contributed by atoms with Crippen molar-refractivity contribution in [2.45, 2.75) is 37.1 Å². The minimum Gasteiger partial charge on any atom is -0.539 e. The van der Waals surface area contributed by atoms with Gasteiger partial charge in [0.2, 0.25) is 11.5 Å². The van der Waals surface area contributed by atoms with Crippen LogP contribution in [0.15, 0.2) is 45.9 Å². The Morgan fingerprint density at radius 3 is 2.83 bits per heavy atom. The lowest BCUT2D eigenvalue weighted by atomic mass is 10.1. The Bertz CT molecular complexity index is 1090. The third kappa shape index (κ3) is 4.00. The molecule has 0 fully saturated rings. The first-order valence-corrected chi connectivity index (χ1v) is 10.4. The third-order valence-electron chi connectivity index (χ3n) is 4.85. The molecular formula is C21H18N4O3S. The van der Waals surface area contributed by atoms with Gasteiger partial charge in [0.25, 0.3) is 0 Å². The van der Waals surface area contributed by atoms with E-state index in [0.717, 1.165) is 43.4 Å². The number of benzene rings is 1. The van der Waals surface area contributed by atoms with Crippen LogP contribution in [-0.4, -0.2) is 21.8 Å². The number of para-hydroxylation sites is 1. The largest absolute Gasteiger partial charge is 0.539 e. The van der Waals surface area contributed by atoms with Gasteiger partial charge >= 0.3 is 5.69 Å². The van der Waals surface area contributed by atoms with Gasteiger partial charge in [-0.2, -0.15) is 5.26 Å². The van der Waals surface area contributed by atoms with Crippen molar-refractivity contribution in [3.8, 4) is 17.7 Å². The molecule has 0 spiro atoms. The van der Waals surface area contributed by atoms with Crippen LogP contribution in [0.5, 0.6) is 5.95 Å². The molecule has 0 N–H and O–H groups in total. The summed E-state index contributed by atoms with van der Waals surface area (Å²) in [6.07, 6.45) is 5.14. The molecule has 4 rings (SSSR count). The van der Waals surface area contributed by atoms with Gasteiger partial charge in [0.1, 0.15) is 11.1 Å². The van der Waals surface area contributed by atoms with Crippen LogP contribution in [0.4, 0.5) is 0 Å². The van der Waals surface area contributed by atoms with Crippen molar-refractivity contribution >= 4 is 17.5 Å². The van der Waals surface area contributed by atoms with Crippen LogP contribution in [-0.2, 0) is 12.8 Å². The van der Waals surface area contributed by atoms with E-state index in [1.807, 2.05) is 12.1 Å². The summed E-state index contributed by atoms with van der Waals surface area (Å²) in [6.45, 7) is 0. The highest BCUT2D eigenvalue weighted by Gasteiger charge is 2.28. The number of aryl methyl sites for hydroxylation is 2. The number of Topliss-reactive ketones (excluding diaryl/α,β-unsaturated/α-hetero) is 1. The van der Waals surface area contributed by atoms with E-state index in [1.165, 1.54) is 16.4 Å². The Hall–Kier alpha value is -3.18. The molecule has 0 saturated heterocycles. The predicted octanol–water partition coefficient (Wildman–Crippen LogP) is 2.54. The Balaban J connectivity index is 1.58. The second-order valence-corrected chi connectivity index (χ2v) is 7.75. The molecular weight excluding hydrogens is 388 g/mol. The van der Waals surface area contributed by atoms with Crippen LogP contribution in [0.2, 0.25) is 0 Å². The molecule has 8 heteroatoms. The number of carbonyl (C=O) groups is 1. The van der Waals surface area contributed by atoms with Gasteiger partial charge in [-0.1, -0.05) is 36.4 Å². The summed E-state index contributed by atoms with van der Waals surface area (Å²) in [5, 5.41) is 25.8. The Labute approximate surface area is 172 Å². The number of fused-ring (bicyclic) bond motifs is 1. The second-order valence-electron chi connectivity index (χ2n) is 6.79. The van der Waals surface area contributed by atoms with Gasteiger partial charge in [-0.05, 0) is 42.0 Å². The average Bonchev–Trinajstić information content (AvgIpc) is 2.99. The third-order valence-corrected chi connectivity index (χ3v) is 5.84. The molecule has 1 aliphatic carbocycles. The van der Waals surface area contributed by atoms with Crippen LogP contribution in [0.25, 0.3) is 5.69 Å². The molecule has 3 aromatic rings. The number of nitrogens with zero attached hydrogens (tertiary/aromatic N) is 4. The molecule has 1 aliphatic rings. The minimum atomic E-state index is -0.783. The van der Waals surface area contributed by atoms with Gasteiger partial charge in [-0.3, -0.25) is 4.79 Å².